The van der Waals surface area contributed by atoms with Gasteiger partial charge in [-0.05, 0) is 19.1 Å². The maximum atomic E-state index is 11.7. The number of carbonyl (C=O) groups is 1. The van der Waals surface area contributed by atoms with Gasteiger partial charge in [-0.2, -0.15) is 0 Å². The van der Waals surface area contributed by atoms with Gasteiger partial charge in [0.15, 0.2) is 0 Å². The number of rotatable bonds is 4. The summed E-state index contributed by atoms with van der Waals surface area (Å²) in [5, 5.41) is 9.74. The first-order valence-corrected chi connectivity index (χ1v) is 6.40. The molecule has 0 bridgehead atoms. The molecular weight excluding hydrogens is 267 g/mol. The Bertz CT molecular complexity index is 522. The molecule has 0 atom stereocenters. The molecule has 1 rings (SSSR count). The molecule has 0 heterocycles. The van der Waals surface area contributed by atoms with Gasteiger partial charge in [0, 0.05) is 0 Å². The van der Waals surface area contributed by atoms with Crippen LogP contribution in [0.15, 0.2) is 46.4 Å². The predicted molar refractivity (Wildman–Crippen MR) is 68.1 cm³/mol. The van der Waals surface area contributed by atoms with E-state index in [9.17, 15) is 18.3 Å². The van der Waals surface area contributed by atoms with E-state index in [1.807, 2.05) is 0 Å². The number of hydrogen-bond donors (Lipinski definition) is 1. The normalized spacial score (nSPS) is 11.5. The van der Waals surface area contributed by atoms with Gasteiger partial charge < -0.3 is 9.84 Å². The number of aliphatic hydroxyl groups excluding tert-OH is 1. The van der Waals surface area contributed by atoms with E-state index in [-0.39, 0.29) is 41.1 Å². The van der Waals surface area contributed by atoms with Crippen LogP contribution in [-0.2, 0) is 19.4 Å². The van der Waals surface area contributed by atoms with Crippen LogP contribution in [0.5, 0.6) is 0 Å². The van der Waals surface area contributed by atoms with Gasteiger partial charge in [-0.25, -0.2) is 13.2 Å². The summed E-state index contributed by atoms with van der Waals surface area (Å²) in [6, 6.07) is 7.48. The molecule has 0 aliphatic heterocycles. The Labute approximate surface area is 128 Å². The summed E-state index contributed by atoms with van der Waals surface area (Å²) in [6.07, 6.45) is 0. The molecule has 0 aromatic heterocycles. The van der Waals surface area contributed by atoms with Gasteiger partial charge in [-0.15, -0.1) is 0 Å². The van der Waals surface area contributed by atoms with E-state index in [1.165, 1.54) is 12.1 Å². The van der Waals surface area contributed by atoms with Crippen molar-refractivity contribution in [3.63, 3.8) is 0 Å². The standard InChI is InChI=1S/C11H12O5S.Na.H/c1-2-16-11(13)10(12)8-17(14,15)9-6-4-3-5-7-9;;/h3-8,12H,2H2,1H3;;. The zero-order valence-corrected chi connectivity index (χ0v) is 9.98. The first-order valence-electron chi connectivity index (χ1n) is 4.85. The molecule has 94 valence electrons. The average Bonchev–Trinajstić information content (AvgIpc) is 2.30. The van der Waals surface area contributed by atoms with Gasteiger partial charge in [-0.1, -0.05) is 18.2 Å². The van der Waals surface area contributed by atoms with Crippen LogP contribution >= 0.6 is 0 Å². The van der Waals surface area contributed by atoms with Crippen molar-refractivity contribution < 1.29 is 23.1 Å². The Morgan fingerprint density at radius 3 is 2.39 bits per heavy atom. The van der Waals surface area contributed by atoms with Gasteiger partial charge in [0.25, 0.3) is 0 Å². The zero-order chi connectivity index (χ0) is 12.9. The molecule has 1 aromatic carbocycles. The molecule has 0 saturated carbocycles. The molecule has 0 spiro atoms. The van der Waals surface area contributed by atoms with Crippen LogP contribution < -0.4 is 0 Å². The Morgan fingerprint density at radius 2 is 1.89 bits per heavy atom. The minimum atomic E-state index is -3.84. The Hall–Kier alpha value is -0.820. The number of benzene rings is 1. The summed E-state index contributed by atoms with van der Waals surface area (Å²) in [6.45, 7) is 1.61. The number of sulfone groups is 1. The molecule has 0 unspecified atom stereocenters. The second-order valence-electron chi connectivity index (χ2n) is 3.08. The predicted octanol–water partition coefficient (Wildman–Crippen LogP) is 0.774. The molecule has 5 nitrogen and oxygen atoms in total. The third kappa shape index (κ3) is 4.81. The minimum absolute atomic E-state index is 0. The van der Waals surface area contributed by atoms with Crippen molar-refractivity contribution in [2.24, 2.45) is 0 Å². The fourth-order valence-corrected chi connectivity index (χ4v) is 2.14. The van der Waals surface area contributed by atoms with Crippen molar-refractivity contribution >= 4 is 45.4 Å². The summed E-state index contributed by atoms with van der Waals surface area (Å²) >= 11 is 0. The Balaban J connectivity index is 0.00000289. The Morgan fingerprint density at radius 1 is 1.33 bits per heavy atom. The molecule has 7 heteroatoms. The summed E-state index contributed by atoms with van der Waals surface area (Å²) in [4.78, 5) is 11.0. The van der Waals surface area contributed by atoms with Gasteiger partial charge in [-0.3, -0.25) is 0 Å². The van der Waals surface area contributed by atoms with E-state index in [0.717, 1.165) is 0 Å². The third-order valence-electron chi connectivity index (χ3n) is 1.82. The van der Waals surface area contributed by atoms with Crippen LogP contribution in [0, 0.1) is 0 Å². The van der Waals surface area contributed by atoms with Crippen LogP contribution in [-0.4, -0.2) is 55.7 Å². The van der Waals surface area contributed by atoms with Crippen molar-refractivity contribution in [2.45, 2.75) is 11.8 Å². The van der Waals surface area contributed by atoms with Crippen LogP contribution in [0.3, 0.4) is 0 Å². The number of hydrogen-bond acceptors (Lipinski definition) is 5. The third-order valence-corrected chi connectivity index (χ3v) is 3.29. The van der Waals surface area contributed by atoms with Crippen LogP contribution in [0.2, 0.25) is 0 Å². The van der Waals surface area contributed by atoms with Crippen molar-refractivity contribution in [3.05, 3.63) is 41.5 Å². The van der Waals surface area contributed by atoms with Crippen molar-refractivity contribution in [3.8, 4) is 0 Å². The summed E-state index contributed by atoms with van der Waals surface area (Å²) in [5.41, 5.74) is 0. The molecule has 0 aliphatic rings. The molecular formula is C11H13NaO5S. The van der Waals surface area contributed by atoms with E-state index in [0.29, 0.717) is 5.41 Å². The fourth-order valence-electron chi connectivity index (χ4n) is 1.08. The monoisotopic (exact) mass is 280 g/mol. The molecule has 0 fully saturated rings. The van der Waals surface area contributed by atoms with Gasteiger partial charge in [0.1, 0.15) is 0 Å². The van der Waals surface area contributed by atoms with E-state index < -0.39 is 21.6 Å². The van der Waals surface area contributed by atoms with Crippen LogP contribution in [0.1, 0.15) is 6.92 Å². The maximum absolute atomic E-state index is 11.7. The molecule has 0 aliphatic carbocycles. The summed E-state index contributed by atoms with van der Waals surface area (Å²) < 4.78 is 27.9. The van der Waals surface area contributed by atoms with Crippen molar-refractivity contribution in [1.82, 2.24) is 0 Å². The van der Waals surface area contributed by atoms with Gasteiger partial charge in [0.2, 0.25) is 15.6 Å². The van der Waals surface area contributed by atoms with Gasteiger partial charge >= 0.3 is 35.5 Å². The summed E-state index contributed by atoms with van der Waals surface area (Å²) in [5.74, 6) is -2.00. The molecule has 0 radical (unpaired) electrons. The number of esters is 1. The van der Waals surface area contributed by atoms with Gasteiger partial charge in [0.05, 0.1) is 16.9 Å². The quantitative estimate of drug-likeness (QED) is 0.381. The van der Waals surface area contributed by atoms with E-state index in [1.54, 1.807) is 25.1 Å². The van der Waals surface area contributed by atoms with E-state index in [4.69, 9.17) is 0 Å². The average molecular weight is 280 g/mol. The molecule has 0 amide bonds. The van der Waals surface area contributed by atoms with Crippen molar-refractivity contribution in [1.29, 1.82) is 0 Å². The topological polar surface area (TPSA) is 80.7 Å². The van der Waals surface area contributed by atoms with Crippen LogP contribution in [0.4, 0.5) is 0 Å². The Kier molecular flexibility index (Phi) is 7.23. The SMILES string of the molecule is CCOC(=O)C(O)=CS(=O)(=O)c1ccccc1.[NaH]. The van der Waals surface area contributed by atoms with E-state index in [2.05, 4.69) is 4.74 Å². The second kappa shape index (κ2) is 7.58. The zero-order valence-electron chi connectivity index (χ0n) is 9.16. The fraction of sp³-hybridized carbons (Fsp3) is 0.182. The first-order chi connectivity index (χ1) is 7.97. The number of ether oxygens (including phenoxy) is 1. The number of aliphatic hydroxyl groups is 1. The van der Waals surface area contributed by atoms with E-state index >= 15 is 0 Å². The number of carbonyl (C=O) groups excluding carboxylic acids is 1. The first kappa shape index (κ1) is 17.2. The second-order valence-corrected chi connectivity index (χ2v) is 4.88. The molecule has 0 saturated heterocycles. The van der Waals surface area contributed by atoms with Crippen molar-refractivity contribution in [2.75, 3.05) is 6.61 Å². The van der Waals surface area contributed by atoms with Crippen LogP contribution in [0.25, 0.3) is 0 Å². The summed E-state index contributed by atoms with van der Waals surface area (Å²) in [7, 11) is -3.84. The molecule has 1 N–H and O–H groups in total. The molecule has 18 heavy (non-hydrogen) atoms. The molecule has 1 aromatic rings.